The second-order valence-corrected chi connectivity index (χ2v) is 5.66. The number of hydrogen-bond donors (Lipinski definition) is 2. The number of amides is 2. The van der Waals surface area contributed by atoms with Gasteiger partial charge in [0.15, 0.2) is 0 Å². The minimum atomic E-state index is -0.892. The molecular formula is C15H11Cl3N2O3. The molecule has 23 heavy (non-hydrogen) atoms. The van der Waals surface area contributed by atoms with E-state index in [0.717, 1.165) is 0 Å². The zero-order chi connectivity index (χ0) is 17.0. The third kappa shape index (κ3) is 4.51. The van der Waals surface area contributed by atoms with E-state index in [0.29, 0.717) is 15.8 Å². The van der Waals surface area contributed by atoms with Gasteiger partial charge in [0.25, 0.3) is 0 Å². The molecule has 120 valence electrons. The van der Waals surface area contributed by atoms with Crippen molar-refractivity contribution in [1.29, 1.82) is 0 Å². The Hall–Kier alpha value is -1.95. The summed E-state index contributed by atoms with van der Waals surface area (Å²) in [7, 11) is 1.44. The van der Waals surface area contributed by atoms with Gasteiger partial charge < -0.3 is 15.4 Å². The Kier molecular flexibility index (Phi) is 5.71. The fourth-order valence-electron chi connectivity index (χ4n) is 1.73. The Morgan fingerprint density at radius 2 is 1.43 bits per heavy atom. The summed E-state index contributed by atoms with van der Waals surface area (Å²) in [5.41, 5.74) is 0.552. The van der Waals surface area contributed by atoms with Gasteiger partial charge in [-0.3, -0.25) is 9.59 Å². The molecule has 0 unspecified atom stereocenters. The molecule has 0 saturated heterocycles. The average Bonchev–Trinajstić information content (AvgIpc) is 2.50. The van der Waals surface area contributed by atoms with Crippen LogP contribution in [0.5, 0.6) is 5.75 Å². The van der Waals surface area contributed by atoms with Crippen LogP contribution in [-0.2, 0) is 9.59 Å². The van der Waals surface area contributed by atoms with Gasteiger partial charge in [0.2, 0.25) is 0 Å². The number of carbonyl (C=O) groups excluding carboxylic acids is 2. The second-order valence-electron chi connectivity index (χ2n) is 4.38. The first-order valence-corrected chi connectivity index (χ1v) is 7.45. The minimum absolute atomic E-state index is 0.221. The number of halogens is 3. The van der Waals surface area contributed by atoms with E-state index in [1.807, 2.05) is 0 Å². The number of nitrogens with one attached hydrogen (secondary N) is 2. The third-order valence-corrected chi connectivity index (χ3v) is 3.58. The quantitative estimate of drug-likeness (QED) is 0.791. The van der Waals surface area contributed by atoms with Crippen LogP contribution in [0, 0.1) is 0 Å². The van der Waals surface area contributed by atoms with E-state index in [9.17, 15) is 9.59 Å². The lowest BCUT2D eigenvalue weighted by atomic mass is 10.3. The molecule has 2 aromatic carbocycles. The fourth-order valence-corrected chi connectivity index (χ4v) is 2.35. The van der Waals surface area contributed by atoms with E-state index in [-0.39, 0.29) is 16.4 Å². The van der Waals surface area contributed by atoms with E-state index in [4.69, 9.17) is 39.5 Å². The van der Waals surface area contributed by atoms with Crippen molar-refractivity contribution in [3.05, 3.63) is 51.5 Å². The lowest BCUT2D eigenvalue weighted by molar-refractivity contribution is -0.133. The molecule has 5 nitrogen and oxygen atoms in total. The Labute approximate surface area is 147 Å². The topological polar surface area (TPSA) is 67.4 Å². The van der Waals surface area contributed by atoms with Crippen molar-refractivity contribution in [2.75, 3.05) is 17.7 Å². The van der Waals surface area contributed by atoms with Crippen molar-refractivity contribution < 1.29 is 14.3 Å². The number of hydrogen-bond acceptors (Lipinski definition) is 3. The van der Waals surface area contributed by atoms with E-state index >= 15 is 0 Å². The Balaban J connectivity index is 2.11. The van der Waals surface area contributed by atoms with E-state index in [1.54, 1.807) is 18.2 Å². The number of rotatable bonds is 3. The summed E-state index contributed by atoms with van der Waals surface area (Å²) in [6.45, 7) is 0. The van der Waals surface area contributed by atoms with Gasteiger partial charge in [-0.25, -0.2) is 0 Å². The molecular weight excluding hydrogens is 363 g/mol. The van der Waals surface area contributed by atoms with Crippen LogP contribution in [0.2, 0.25) is 15.1 Å². The van der Waals surface area contributed by atoms with Gasteiger partial charge in [-0.1, -0.05) is 34.8 Å². The molecule has 8 heteroatoms. The zero-order valence-corrected chi connectivity index (χ0v) is 14.1. The van der Waals surface area contributed by atoms with Crippen LogP contribution < -0.4 is 15.4 Å². The van der Waals surface area contributed by atoms with Gasteiger partial charge in [-0.15, -0.1) is 0 Å². The minimum Gasteiger partial charge on any atom is -0.495 e. The smallest absolute Gasteiger partial charge is 0.314 e. The highest BCUT2D eigenvalue weighted by atomic mass is 35.5. The molecule has 0 saturated carbocycles. The fraction of sp³-hybridized carbons (Fsp3) is 0.0667. The lowest BCUT2D eigenvalue weighted by Gasteiger charge is -2.11. The number of ether oxygens (including phenoxy) is 1. The Morgan fingerprint density at radius 1 is 0.870 bits per heavy atom. The van der Waals surface area contributed by atoms with Crippen molar-refractivity contribution in [3.8, 4) is 5.75 Å². The lowest BCUT2D eigenvalue weighted by Crippen LogP contribution is -2.29. The number of carbonyl (C=O) groups is 2. The second kappa shape index (κ2) is 7.55. The molecule has 0 heterocycles. The van der Waals surface area contributed by atoms with Gasteiger partial charge in [-0.05, 0) is 36.4 Å². The number of benzene rings is 2. The molecule has 0 bridgehead atoms. The van der Waals surface area contributed by atoms with Gasteiger partial charge in [0.05, 0.1) is 23.5 Å². The van der Waals surface area contributed by atoms with Crippen LogP contribution in [-0.4, -0.2) is 18.9 Å². The van der Waals surface area contributed by atoms with Crippen LogP contribution in [0.25, 0.3) is 0 Å². The Bertz CT molecular complexity index is 766. The van der Waals surface area contributed by atoms with Gasteiger partial charge in [0, 0.05) is 10.0 Å². The molecule has 0 spiro atoms. The van der Waals surface area contributed by atoms with Crippen molar-refractivity contribution >= 4 is 58.0 Å². The molecule has 0 aliphatic carbocycles. The van der Waals surface area contributed by atoms with Crippen LogP contribution in [0.15, 0.2) is 36.4 Å². The van der Waals surface area contributed by atoms with Crippen molar-refractivity contribution in [1.82, 2.24) is 0 Å². The molecule has 0 atom stereocenters. The first kappa shape index (κ1) is 17.4. The summed E-state index contributed by atoms with van der Waals surface area (Å²) in [6, 6.07) is 9.14. The van der Waals surface area contributed by atoms with Crippen LogP contribution in [0.4, 0.5) is 11.4 Å². The summed E-state index contributed by atoms with van der Waals surface area (Å²) < 4.78 is 5.09. The Morgan fingerprint density at radius 3 is 2.04 bits per heavy atom. The van der Waals surface area contributed by atoms with Crippen molar-refractivity contribution in [2.24, 2.45) is 0 Å². The van der Waals surface area contributed by atoms with Crippen molar-refractivity contribution in [3.63, 3.8) is 0 Å². The molecule has 0 aliphatic heterocycles. The van der Waals surface area contributed by atoms with E-state index in [2.05, 4.69) is 10.6 Å². The maximum Gasteiger partial charge on any atom is 0.314 e. The highest BCUT2D eigenvalue weighted by molar-refractivity contribution is 6.45. The predicted octanol–water partition coefficient (Wildman–Crippen LogP) is 4.23. The molecule has 2 N–H and O–H groups in total. The van der Waals surface area contributed by atoms with Gasteiger partial charge in [-0.2, -0.15) is 0 Å². The number of anilines is 2. The summed E-state index contributed by atoms with van der Waals surface area (Å²) in [5.74, 6) is -1.41. The maximum absolute atomic E-state index is 12.0. The largest absolute Gasteiger partial charge is 0.495 e. The molecule has 2 amide bonds. The SMILES string of the molecule is COc1ccc(Cl)cc1NC(=O)C(=O)Nc1ccc(Cl)cc1Cl. The van der Waals surface area contributed by atoms with Crippen LogP contribution >= 0.6 is 34.8 Å². The highest BCUT2D eigenvalue weighted by Crippen LogP contribution is 2.28. The summed E-state index contributed by atoms with van der Waals surface area (Å²) in [4.78, 5) is 23.9. The predicted molar refractivity (Wildman–Crippen MR) is 91.7 cm³/mol. The highest BCUT2D eigenvalue weighted by Gasteiger charge is 2.17. The standard InChI is InChI=1S/C15H11Cl3N2O3/c1-23-13-5-3-9(17)7-12(13)20-15(22)14(21)19-11-4-2-8(16)6-10(11)18/h2-7H,1H3,(H,19,21)(H,20,22). The van der Waals surface area contributed by atoms with Crippen molar-refractivity contribution in [2.45, 2.75) is 0 Å². The monoisotopic (exact) mass is 372 g/mol. The summed E-state index contributed by atoms with van der Waals surface area (Å²) in [6.07, 6.45) is 0. The third-order valence-electron chi connectivity index (χ3n) is 2.80. The molecule has 0 fully saturated rings. The molecule has 0 aromatic heterocycles. The summed E-state index contributed by atoms with van der Waals surface area (Å²) >= 11 is 17.6. The molecule has 0 aliphatic rings. The van der Waals surface area contributed by atoms with E-state index < -0.39 is 11.8 Å². The number of methoxy groups -OCH3 is 1. The van der Waals surface area contributed by atoms with E-state index in [1.165, 1.54) is 25.3 Å². The molecule has 2 rings (SSSR count). The van der Waals surface area contributed by atoms with Crippen LogP contribution in [0.1, 0.15) is 0 Å². The maximum atomic E-state index is 12.0. The average molecular weight is 374 g/mol. The van der Waals surface area contributed by atoms with Crippen LogP contribution in [0.3, 0.4) is 0 Å². The molecule has 0 radical (unpaired) electrons. The zero-order valence-electron chi connectivity index (χ0n) is 11.8. The first-order chi connectivity index (χ1) is 10.9. The first-order valence-electron chi connectivity index (χ1n) is 6.31. The normalized spacial score (nSPS) is 10.1. The molecule has 2 aromatic rings. The summed E-state index contributed by atoms with van der Waals surface area (Å²) in [5, 5.41) is 5.85. The van der Waals surface area contributed by atoms with Gasteiger partial charge in [0.1, 0.15) is 5.75 Å². The van der Waals surface area contributed by atoms with Gasteiger partial charge >= 0.3 is 11.8 Å².